The standard InChI is InChI=1S/C20H18F3N3O3/c1-13(14-6-8-15(9-7-14)29-20(21,22)23)25-19(28)10-11-26-17-5-3-2-4-16(17)18(27)12-24-26/h2-9,12-13H,10-11H2,1H3,(H,25,28). The summed E-state index contributed by atoms with van der Waals surface area (Å²) in [7, 11) is 0. The van der Waals surface area contributed by atoms with Crippen molar-refractivity contribution >= 4 is 16.8 Å². The van der Waals surface area contributed by atoms with Gasteiger partial charge in [-0.2, -0.15) is 5.10 Å². The lowest BCUT2D eigenvalue weighted by atomic mass is 10.1. The molecule has 1 atom stereocenters. The van der Waals surface area contributed by atoms with Gasteiger partial charge in [-0.05, 0) is 36.8 Å². The highest BCUT2D eigenvalue weighted by atomic mass is 19.4. The molecule has 3 aromatic rings. The number of rotatable bonds is 6. The maximum absolute atomic E-state index is 12.3. The van der Waals surface area contributed by atoms with Crippen molar-refractivity contribution in [2.45, 2.75) is 32.3 Å². The van der Waals surface area contributed by atoms with E-state index in [0.29, 0.717) is 16.5 Å². The first-order valence-corrected chi connectivity index (χ1v) is 8.83. The van der Waals surface area contributed by atoms with Crippen LogP contribution >= 0.6 is 0 Å². The first kappa shape index (κ1) is 20.4. The average molecular weight is 405 g/mol. The Hall–Kier alpha value is -3.36. The summed E-state index contributed by atoms with van der Waals surface area (Å²) in [6, 6.07) is 11.9. The Labute approximate surface area is 163 Å². The lowest BCUT2D eigenvalue weighted by Gasteiger charge is -2.16. The van der Waals surface area contributed by atoms with Crippen LogP contribution in [0.2, 0.25) is 0 Å². The Morgan fingerprint density at radius 2 is 1.86 bits per heavy atom. The van der Waals surface area contributed by atoms with Crippen molar-refractivity contribution < 1.29 is 22.7 Å². The third-order valence-corrected chi connectivity index (χ3v) is 4.30. The predicted octanol–water partition coefficient (Wildman–Crippen LogP) is 3.56. The van der Waals surface area contributed by atoms with Gasteiger partial charge in [0.2, 0.25) is 11.3 Å². The molecule has 0 fully saturated rings. The second-order valence-electron chi connectivity index (χ2n) is 6.41. The number of para-hydroxylation sites is 1. The molecule has 0 spiro atoms. The van der Waals surface area contributed by atoms with Crippen LogP contribution in [0.3, 0.4) is 0 Å². The van der Waals surface area contributed by atoms with E-state index in [9.17, 15) is 22.8 Å². The molecule has 152 valence electrons. The van der Waals surface area contributed by atoms with Crippen LogP contribution in [0, 0.1) is 0 Å². The highest BCUT2D eigenvalue weighted by Crippen LogP contribution is 2.24. The summed E-state index contributed by atoms with van der Waals surface area (Å²) in [4.78, 5) is 24.1. The number of nitrogens with one attached hydrogen (secondary N) is 1. The molecule has 3 rings (SSSR count). The topological polar surface area (TPSA) is 73.2 Å². The van der Waals surface area contributed by atoms with Crippen LogP contribution in [0.25, 0.3) is 10.9 Å². The summed E-state index contributed by atoms with van der Waals surface area (Å²) in [5.41, 5.74) is 1.09. The number of amides is 1. The molecular formula is C20H18F3N3O3. The van der Waals surface area contributed by atoms with Gasteiger partial charge in [0.05, 0.1) is 24.3 Å². The summed E-state index contributed by atoms with van der Waals surface area (Å²) in [6.45, 7) is 2.00. The molecule has 6 nitrogen and oxygen atoms in total. The van der Waals surface area contributed by atoms with E-state index in [-0.39, 0.29) is 30.1 Å². The van der Waals surface area contributed by atoms with Crippen LogP contribution in [-0.4, -0.2) is 22.1 Å². The number of carbonyl (C=O) groups is 1. The molecule has 0 aliphatic carbocycles. The monoisotopic (exact) mass is 405 g/mol. The van der Waals surface area contributed by atoms with Crippen molar-refractivity contribution in [3.8, 4) is 5.75 Å². The number of carbonyl (C=O) groups excluding carboxylic acids is 1. The maximum atomic E-state index is 12.3. The molecule has 0 radical (unpaired) electrons. The second-order valence-corrected chi connectivity index (χ2v) is 6.41. The van der Waals surface area contributed by atoms with Gasteiger partial charge in [-0.3, -0.25) is 14.3 Å². The van der Waals surface area contributed by atoms with E-state index in [1.807, 2.05) is 0 Å². The molecule has 2 aromatic carbocycles. The lowest BCUT2D eigenvalue weighted by Crippen LogP contribution is -2.28. The van der Waals surface area contributed by atoms with Gasteiger partial charge in [-0.15, -0.1) is 13.2 Å². The van der Waals surface area contributed by atoms with Crippen molar-refractivity contribution in [1.29, 1.82) is 0 Å². The third kappa shape index (κ3) is 5.34. The van der Waals surface area contributed by atoms with Gasteiger partial charge < -0.3 is 10.1 Å². The smallest absolute Gasteiger partial charge is 0.406 e. The van der Waals surface area contributed by atoms with Crippen molar-refractivity contribution in [3.63, 3.8) is 0 Å². The van der Waals surface area contributed by atoms with Gasteiger partial charge in [0, 0.05) is 11.8 Å². The minimum absolute atomic E-state index is 0.124. The molecule has 1 N–H and O–H groups in total. The van der Waals surface area contributed by atoms with Crippen molar-refractivity contribution in [3.05, 3.63) is 70.5 Å². The van der Waals surface area contributed by atoms with E-state index >= 15 is 0 Å². The quantitative estimate of drug-likeness (QED) is 0.681. The Morgan fingerprint density at radius 3 is 2.55 bits per heavy atom. The molecule has 0 aliphatic heterocycles. The highest BCUT2D eigenvalue weighted by molar-refractivity contribution is 5.79. The van der Waals surface area contributed by atoms with Crippen LogP contribution in [0.4, 0.5) is 13.2 Å². The van der Waals surface area contributed by atoms with Gasteiger partial charge in [0.1, 0.15) is 5.75 Å². The molecule has 1 aromatic heterocycles. The van der Waals surface area contributed by atoms with Crippen LogP contribution in [-0.2, 0) is 11.3 Å². The highest BCUT2D eigenvalue weighted by Gasteiger charge is 2.31. The average Bonchev–Trinajstić information content (AvgIpc) is 2.67. The fraction of sp³-hybridized carbons (Fsp3) is 0.250. The number of hydrogen-bond donors (Lipinski definition) is 1. The Balaban J connectivity index is 1.60. The van der Waals surface area contributed by atoms with E-state index in [2.05, 4.69) is 15.2 Å². The molecule has 1 unspecified atom stereocenters. The van der Waals surface area contributed by atoms with Crippen LogP contribution in [0.5, 0.6) is 5.75 Å². The van der Waals surface area contributed by atoms with Gasteiger partial charge in [-0.1, -0.05) is 24.3 Å². The number of ether oxygens (including phenoxy) is 1. The van der Waals surface area contributed by atoms with Crippen LogP contribution < -0.4 is 15.5 Å². The summed E-state index contributed by atoms with van der Waals surface area (Å²) in [6.07, 6.45) is -3.41. The number of halogens is 3. The lowest BCUT2D eigenvalue weighted by molar-refractivity contribution is -0.274. The summed E-state index contributed by atoms with van der Waals surface area (Å²) in [5, 5.41) is 7.39. The van der Waals surface area contributed by atoms with Gasteiger partial charge in [-0.25, -0.2) is 0 Å². The zero-order chi connectivity index (χ0) is 21.0. The van der Waals surface area contributed by atoms with E-state index < -0.39 is 12.4 Å². The Bertz CT molecular complexity index is 1060. The molecule has 0 saturated carbocycles. The fourth-order valence-corrected chi connectivity index (χ4v) is 2.90. The molecule has 29 heavy (non-hydrogen) atoms. The molecular weight excluding hydrogens is 387 g/mol. The molecule has 9 heteroatoms. The van der Waals surface area contributed by atoms with E-state index in [0.717, 1.165) is 0 Å². The molecule has 0 saturated heterocycles. The number of aryl methyl sites for hydroxylation is 1. The number of aromatic nitrogens is 2. The summed E-state index contributed by atoms with van der Waals surface area (Å²) >= 11 is 0. The molecule has 0 bridgehead atoms. The molecule has 1 heterocycles. The van der Waals surface area contributed by atoms with Gasteiger partial charge in [0.15, 0.2) is 0 Å². The number of fused-ring (bicyclic) bond motifs is 1. The molecule has 1 amide bonds. The SMILES string of the molecule is CC(NC(=O)CCn1ncc(=O)c2ccccc21)c1ccc(OC(F)(F)F)cc1. The molecule has 0 aliphatic rings. The van der Waals surface area contributed by atoms with Gasteiger partial charge >= 0.3 is 6.36 Å². The first-order chi connectivity index (χ1) is 13.7. The number of benzene rings is 2. The Morgan fingerprint density at radius 1 is 1.17 bits per heavy atom. The van der Waals surface area contributed by atoms with E-state index in [1.54, 1.807) is 35.9 Å². The zero-order valence-corrected chi connectivity index (χ0v) is 15.4. The van der Waals surface area contributed by atoms with E-state index in [1.165, 1.54) is 30.5 Å². The largest absolute Gasteiger partial charge is 0.573 e. The Kier molecular flexibility index (Phi) is 5.86. The van der Waals surface area contributed by atoms with Gasteiger partial charge in [0.25, 0.3) is 0 Å². The number of nitrogens with zero attached hydrogens (tertiary/aromatic N) is 2. The summed E-state index contributed by atoms with van der Waals surface area (Å²) in [5.74, 6) is -0.575. The summed E-state index contributed by atoms with van der Waals surface area (Å²) < 4.78 is 42.1. The third-order valence-electron chi connectivity index (χ3n) is 4.30. The van der Waals surface area contributed by atoms with Crippen LogP contribution in [0.1, 0.15) is 24.9 Å². The minimum Gasteiger partial charge on any atom is -0.406 e. The number of hydrogen-bond acceptors (Lipinski definition) is 4. The van der Waals surface area contributed by atoms with E-state index in [4.69, 9.17) is 0 Å². The normalized spacial score (nSPS) is 12.6. The number of alkyl halides is 3. The van der Waals surface area contributed by atoms with Crippen molar-refractivity contribution in [2.24, 2.45) is 0 Å². The maximum Gasteiger partial charge on any atom is 0.573 e. The second kappa shape index (κ2) is 8.34. The zero-order valence-electron chi connectivity index (χ0n) is 15.4. The fourth-order valence-electron chi connectivity index (χ4n) is 2.90. The van der Waals surface area contributed by atoms with Crippen molar-refractivity contribution in [2.75, 3.05) is 0 Å². The van der Waals surface area contributed by atoms with Crippen LogP contribution in [0.15, 0.2) is 59.5 Å². The predicted molar refractivity (Wildman–Crippen MR) is 100 cm³/mol. The van der Waals surface area contributed by atoms with Crippen molar-refractivity contribution in [1.82, 2.24) is 15.1 Å². The minimum atomic E-state index is -4.75. The first-order valence-electron chi connectivity index (χ1n) is 8.83.